The minimum Gasteiger partial charge on any atom is -0.496 e. The first kappa shape index (κ1) is 18.1. The second kappa shape index (κ2) is 7.69. The van der Waals surface area contributed by atoms with Gasteiger partial charge in [-0.25, -0.2) is 4.98 Å². The van der Waals surface area contributed by atoms with Gasteiger partial charge in [0, 0.05) is 23.7 Å². The van der Waals surface area contributed by atoms with E-state index in [1.165, 1.54) is 24.5 Å². The molecule has 9 heteroatoms. The lowest BCUT2D eigenvalue weighted by Crippen LogP contribution is -2.24. The van der Waals surface area contributed by atoms with Crippen molar-refractivity contribution in [1.82, 2.24) is 9.55 Å². The first-order valence-electron chi connectivity index (χ1n) is 8.25. The van der Waals surface area contributed by atoms with Gasteiger partial charge in [-0.1, -0.05) is 0 Å². The SMILES string of the molecule is CCOC(=O)Cc1csc(NC(=O)c2c(OC)cc(=O)n3c2CCC3)n1. The van der Waals surface area contributed by atoms with Crippen LogP contribution in [0.1, 0.15) is 35.1 Å². The Morgan fingerprint density at radius 3 is 2.96 bits per heavy atom. The maximum atomic E-state index is 12.8. The maximum absolute atomic E-state index is 12.8. The standard InChI is InChI=1S/C17H19N3O5S/c1-3-25-14(22)7-10-9-26-17(18-10)19-16(23)15-11-5-4-6-20(11)13(21)8-12(15)24-2/h8-9H,3-7H2,1-2H3,(H,18,19,23). The van der Waals surface area contributed by atoms with Gasteiger partial charge in [0.1, 0.15) is 11.3 Å². The molecule has 0 aliphatic carbocycles. The number of anilines is 1. The predicted octanol–water partition coefficient (Wildman–Crippen LogP) is 1.62. The van der Waals surface area contributed by atoms with Crippen LogP contribution in [0.25, 0.3) is 0 Å². The van der Waals surface area contributed by atoms with Crippen LogP contribution in [0.3, 0.4) is 0 Å². The number of hydrogen-bond acceptors (Lipinski definition) is 7. The number of thiazole rings is 1. The normalized spacial score (nSPS) is 12.5. The number of pyridine rings is 1. The average Bonchev–Trinajstić information content (AvgIpc) is 3.24. The molecule has 1 aliphatic rings. The van der Waals surface area contributed by atoms with Gasteiger partial charge in [-0.3, -0.25) is 19.7 Å². The van der Waals surface area contributed by atoms with E-state index in [-0.39, 0.29) is 29.6 Å². The number of fused-ring (bicyclic) bond motifs is 1. The Hall–Kier alpha value is -2.68. The van der Waals surface area contributed by atoms with E-state index in [0.29, 0.717) is 41.7 Å². The van der Waals surface area contributed by atoms with Gasteiger partial charge in [0.05, 0.1) is 25.8 Å². The quantitative estimate of drug-likeness (QED) is 0.768. The molecule has 0 spiro atoms. The lowest BCUT2D eigenvalue weighted by molar-refractivity contribution is -0.142. The Morgan fingerprint density at radius 2 is 2.23 bits per heavy atom. The highest BCUT2D eigenvalue weighted by Crippen LogP contribution is 2.27. The Labute approximate surface area is 153 Å². The van der Waals surface area contributed by atoms with E-state index in [0.717, 1.165) is 6.42 Å². The molecule has 0 bridgehead atoms. The summed E-state index contributed by atoms with van der Waals surface area (Å²) < 4.78 is 11.7. The van der Waals surface area contributed by atoms with Crippen LogP contribution in [0.15, 0.2) is 16.2 Å². The Bertz CT molecular complexity index is 902. The molecule has 0 unspecified atom stereocenters. The van der Waals surface area contributed by atoms with Gasteiger partial charge in [0.2, 0.25) is 0 Å². The van der Waals surface area contributed by atoms with E-state index in [9.17, 15) is 14.4 Å². The Kier molecular flexibility index (Phi) is 5.36. The number of esters is 1. The molecular formula is C17H19N3O5S. The Balaban J connectivity index is 1.81. The van der Waals surface area contributed by atoms with Crippen molar-refractivity contribution in [2.24, 2.45) is 0 Å². The minimum absolute atomic E-state index is 0.0552. The molecule has 3 rings (SSSR count). The highest BCUT2D eigenvalue weighted by molar-refractivity contribution is 7.14. The van der Waals surface area contributed by atoms with E-state index in [1.54, 1.807) is 16.9 Å². The van der Waals surface area contributed by atoms with Gasteiger partial charge in [-0.2, -0.15) is 0 Å². The van der Waals surface area contributed by atoms with Crippen LogP contribution in [-0.2, 0) is 28.9 Å². The molecule has 1 aliphatic heterocycles. The largest absolute Gasteiger partial charge is 0.496 e. The molecule has 8 nitrogen and oxygen atoms in total. The molecule has 138 valence electrons. The summed E-state index contributed by atoms with van der Waals surface area (Å²) in [6.07, 6.45) is 1.50. The zero-order valence-electron chi connectivity index (χ0n) is 14.5. The molecule has 26 heavy (non-hydrogen) atoms. The summed E-state index contributed by atoms with van der Waals surface area (Å²) in [4.78, 5) is 40.6. The lowest BCUT2D eigenvalue weighted by atomic mass is 10.1. The minimum atomic E-state index is -0.385. The van der Waals surface area contributed by atoms with E-state index >= 15 is 0 Å². The van der Waals surface area contributed by atoms with E-state index in [1.807, 2.05) is 0 Å². The van der Waals surface area contributed by atoms with Crippen LogP contribution in [-0.4, -0.2) is 35.1 Å². The fourth-order valence-electron chi connectivity index (χ4n) is 2.95. The van der Waals surface area contributed by atoms with Crippen LogP contribution in [0, 0.1) is 0 Å². The Morgan fingerprint density at radius 1 is 1.42 bits per heavy atom. The maximum Gasteiger partial charge on any atom is 0.311 e. The van der Waals surface area contributed by atoms with Gasteiger partial charge in [-0.05, 0) is 19.8 Å². The predicted molar refractivity (Wildman–Crippen MR) is 96.0 cm³/mol. The summed E-state index contributed by atoms with van der Waals surface area (Å²) >= 11 is 1.22. The van der Waals surface area contributed by atoms with Crippen molar-refractivity contribution in [2.75, 3.05) is 19.0 Å². The van der Waals surface area contributed by atoms with E-state index in [2.05, 4.69) is 10.3 Å². The van der Waals surface area contributed by atoms with Crippen molar-refractivity contribution in [3.63, 3.8) is 0 Å². The van der Waals surface area contributed by atoms with Crippen LogP contribution >= 0.6 is 11.3 Å². The van der Waals surface area contributed by atoms with Gasteiger partial charge in [0.25, 0.3) is 11.5 Å². The molecule has 2 aromatic rings. The van der Waals surface area contributed by atoms with Crippen molar-refractivity contribution in [3.05, 3.63) is 38.8 Å². The van der Waals surface area contributed by atoms with Crippen LogP contribution in [0.4, 0.5) is 5.13 Å². The molecule has 0 atom stereocenters. The topological polar surface area (TPSA) is 99.5 Å². The van der Waals surface area contributed by atoms with Gasteiger partial charge < -0.3 is 14.0 Å². The molecule has 0 aromatic carbocycles. The highest BCUT2D eigenvalue weighted by Gasteiger charge is 2.25. The second-order valence-electron chi connectivity index (χ2n) is 5.71. The third-order valence-corrected chi connectivity index (χ3v) is 4.83. The molecule has 0 radical (unpaired) electrons. The number of nitrogens with zero attached hydrogens (tertiary/aromatic N) is 2. The van der Waals surface area contributed by atoms with Crippen molar-refractivity contribution in [2.45, 2.75) is 32.7 Å². The van der Waals surface area contributed by atoms with E-state index in [4.69, 9.17) is 9.47 Å². The summed E-state index contributed by atoms with van der Waals surface area (Å²) in [6, 6.07) is 1.33. The highest BCUT2D eigenvalue weighted by atomic mass is 32.1. The molecule has 1 N–H and O–H groups in total. The molecule has 0 saturated carbocycles. The summed E-state index contributed by atoms with van der Waals surface area (Å²) in [5.74, 6) is -0.494. The van der Waals surface area contributed by atoms with Crippen LogP contribution in [0.5, 0.6) is 5.75 Å². The molecule has 3 heterocycles. The fourth-order valence-corrected chi connectivity index (χ4v) is 3.66. The first-order valence-corrected chi connectivity index (χ1v) is 9.13. The molecule has 1 amide bonds. The molecule has 0 saturated heterocycles. The zero-order chi connectivity index (χ0) is 18.7. The summed E-state index contributed by atoms with van der Waals surface area (Å²) in [6.45, 7) is 2.64. The molecule has 0 fully saturated rings. The van der Waals surface area contributed by atoms with Gasteiger partial charge in [0.15, 0.2) is 5.13 Å². The van der Waals surface area contributed by atoms with Crippen molar-refractivity contribution in [3.8, 4) is 5.75 Å². The molecular weight excluding hydrogens is 358 g/mol. The average molecular weight is 377 g/mol. The van der Waals surface area contributed by atoms with Gasteiger partial charge >= 0.3 is 5.97 Å². The second-order valence-corrected chi connectivity index (χ2v) is 6.57. The summed E-state index contributed by atoms with van der Waals surface area (Å²) in [7, 11) is 1.43. The molecule has 2 aromatic heterocycles. The summed E-state index contributed by atoms with van der Waals surface area (Å²) in [5.41, 5.74) is 1.39. The number of carbonyl (C=O) groups is 2. The lowest BCUT2D eigenvalue weighted by Gasteiger charge is -2.13. The van der Waals surface area contributed by atoms with E-state index < -0.39 is 0 Å². The smallest absolute Gasteiger partial charge is 0.311 e. The summed E-state index contributed by atoms with van der Waals surface area (Å²) in [5, 5.41) is 4.80. The third kappa shape index (κ3) is 3.62. The third-order valence-electron chi connectivity index (χ3n) is 4.03. The monoisotopic (exact) mass is 377 g/mol. The number of aromatic nitrogens is 2. The van der Waals surface area contributed by atoms with Crippen LogP contribution in [0.2, 0.25) is 0 Å². The number of amides is 1. The van der Waals surface area contributed by atoms with Gasteiger partial charge in [-0.15, -0.1) is 11.3 Å². The number of ether oxygens (including phenoxy) is 2. The zero-order valence-corrected chi connectivity index (χ0v) is 15.4. The van der Waals surface area contributed by atoms with Crippen molar-refractivity contribution in [1.29, 1.82) is 0 Å². The van der Waals surface area contributed by atoms with Crippen molar-refractivity contribution < 1.29 is 19.1 Å². The van der Waals surface area contributed by atoms with Crippen molar-refractivity contribution >= 4 is 28.3 Å². The number of nitrogens with one attached hydrogen (secondary N) is 1. The fraction of sp³-hybridized carbons (Fsp3) is 0.412. The first-order chi connectivity index (χ1) is 12.5. The number of carbonyl (C=O) groups excluding carboxylic acids is 2. The number of methoxy groups -OCH3 is 1. The number of hydrogen-bond donors (Lipinski definition) is 1. The number of rotatable bonds is 6. The van der Waals surface area contributed by atoms with Crippen LogP contribution < -0.4 is 15.6 Å².